The highest BCUT2D eigenvalue weighted by Crippen LogP contribution is 2.20. The largest absolute Gasteiger partial charge is 0.363 e. The molecule has 7 heteroatoms. The lowest BCUT2D eigenvalue weighted by Crippen LogP contribution is -2.13. The third-order valence-electron chi connectivity index (χ3n) is 1.50. The van der Waals surface area contributed by atoms with Crippen LogP contribution in [0.3, 0.4) is 0 Å². The van der Waals surface area contributed by atoms with Gasteiger partial charge in [0.15, 0.2) is 0 Å². The number of aromatic nitrogens is 2. The fraction of sp³-hybridized carbons (Fsp3) is 0.500. The van der Waals surface area contributed by atoms with Gasteiger partial charge >= 0.3 is 0 Å². The van der Waals surface area contributed by atoms with Crippen molar-refractivity contribution < 1.29 is 8.78 Å². The highest BCUT2D eigenvalue weighted by Gasteiger charge is 2.07. The minimum absolute atomic E-state index is 0.362. The molecule has 0 amide bonds. The Morgan fingerprint density at radius 2 is 2.20 bits per heavy atom. The van der Waals surface area contributed by atoms with E-state index < -0.39 is 13.0 Å². The summed E-state index contributed by atoms with van der Waals surface area (Å²) in [6.45, 7) is 2.15. The molecule has 0 aliphatic rings. The Morgan fingerprint density at radius 1 is 1.47 bits per heavy atom. The van der Waals surface area contributed by atoms with Gasteiger partial charge in [-0.2, -0.15) is 4.98 Å². The van der Waals surface area contributed by atoms with Crippen molar-refractivity contribution >= 4 is 27.7 Å². The van der Waals surface area contributed by atoms with E-state index in [1.807, 2.05) is 6.92 Å². The van der Waals surface area contributed by atoms with Crippen LogP contribution in [-0.4, -0.2) is 29.5 Å². The van der Waals surface area contributed by atoms with Crippen molar-refractivity contribution in [2.24, 2.45) is 0 Å². The maximum atomic E-state index is 12.0. The monoisotopic (exact) mass is 280 g/mol. The third-order valence-corrected chi connectivity index (χ3v) is 2.08. The first kappa shape index (κ1) is 12.1. The van der Waals surface area contributed by atoms with Crippen molar-refractivity contribution in [1.82, 2.24) is 9.97 Å². The number of nitrogens with zero attached hydrogens (tertiary/aromatic N) is 2. The molecule has 0 aliphatic carbocycles. The summed E-state index contributed by atoms with van der Waals surface area (Å²) in [5.41, 5.74) is 0. The van der Waals surface area contributed by atoms with E-state index in [1.54, 1.807) is 0 Å². The summed E-state index contributed by atoms with van der Waals surface area (Å²) in [6, 6.07) is 0. The summed E-state index contributed by atoms with van der Waals surface area (Å²) < 4.78 is 24.5. The molecule has 0 radical (unpaired) electrons. The number of alkyl halides is 2. The molecule has 1 rings (SSSR count). The van der Waals surface area contributed by atoms with Crippen LogP contribution in [0.4, 0.5) is 20.5 Å². The molecule has 0 unspecified atom stereocenters. The van der Waals surface area contributed by atoms with E-state index in [1.165, 1.54) is 6.20 Å². The quantitative estimate of drug-likeness (QED) is 0.869. The molecule has 0 saturated carbocycles. The summed E-state index contributed by atoms with van der Waals surface area (Å²) >= 11 is 3.17. The van der Waals surface area contributed by atoms with Gasteiger partial charge in [0.05, 0.1) is 11.0 Å². The van der Waals surface area contributed by atoms with Crippen molar-refractivity contribution in [1.29, 1.82) is 0 Å². The molecule has 0 aliphatic heterocycles. The van der Waals surface area contributed by atoms with Crippen LogP contribution in [0, 0.1) is 0 Å². The molecule has 0 atom stereocenters. The van der Waals surface area contributed by atoms with Gasteiger partial charge in [0.2, 0.25) is 5.95 Å². The first-order valence-corrected chi connectivity index (χ1v) is 5.21. The Hall–Kier alpha value is -0.980. The second kappa shape index (κ2) is 5.79. The normalized spacial score (nSPS) is 10.5. The maximum absolute atomic E-state index is 12.0. The molecule has 0 saturated heterocycles. The van der Waals surface area contributed by atoms with E-state index in [-0.39, 0.29) is 0 Å². The lowest BCUT2D eigenvalue weighted by atomic mass is 10.5. The van der Waals surface area contributed by atoms with Crippen LogP contribution in [0.5, 0.6) is 0 Å². The minimum atomic E-state index is -2.41. The van der Waals surface area contributed by atoms with Gasteiger partial charge in [-0.1, -0.05) is 0 Å². The predicted octanol–water partition coefficient (Wildman–Crippen LogP) is 2.35. The summed E-state index contributed by atoms with van der Waals surface area (Å²) in [7, 11) is 0. The van der Waals surface area contributed by atoms with Gasteiger partial charge in [-0.25, -0.2) is 13.8 Å². The van der Waals surface area contributed by atoms with Gasteiger partial charge in [0.25, 0.3) is 6.43 Å². The van der Waals surface area contributed by atoms with E-state index in [0.29, 0.717) is 22.8 Å². The summed E-state index contributed by atoms with van der Waals surface area (Å²) in [4.78, 5) is 7.98. The molecular weight excluding hydrogens is 270 g/mol. The second-order valence-electron chi connectivity index (χ2n) is 2.69. The molecule has 1 aromatic heterocycles. The van der Waals surface area contributed by atoms with Gasteiger partial charge in [0.1, 0.15) is 5.82 Å². The van der Waals surface area contributed by atoms with Gasteiger partial charge in [0, 0.05) is 12.7 Å². The van der Waals surface area contributed by atoms with E-state index >= 15 is 0 Å². The summed E-state index contributed by atoms with van der Waals surface area (Å²) in [5, 5.41) is 5.42. The number of nitrogens with one attached hydrogen (secondary N) is 2. The number of halogens is 3. The lowest BCUT2D eigenvalue weighted by molar-refractivity contribution is 0.163. The van der Waals surface area contributed by atoms with Crippen LogP contribution < -0.4 is 10.6 Å². The van der Waals surface area contributed by atoms with Gasteiger partial charge < -0.3 is 10.6 Å². The Balaban J connectivity index is 2.71. The maximum Gasteiger partial charge on any atom is 0.255 e. The van der Waals surface area contributed by atoms with Crippen LogP contribution in [0.15, 0.2) is 10.7 Å². The fourth-order valence-electron chi connectivity index (χ4n) is 0.908. The molecule has 0 spiro atoms. The average Bonchev–Trinajstić information content (AvgIpc) is 2.19. The Kier molecular flexibility index (Phi) is 4.67. The number of rotatable bonds is 5. The van der Waals surface area contributed by atoms with Gasteiger partial charge in [-0.05, 0) is 22.9 Å². The van der Waals surface area contributed by atoms with Crippen molar-refractivity contribution in [2.75, 3.05) is 23.7 Å². The molecule has 1 heterocycles. The summed E-state index contributed by atoms with van der Waals surface area (Å²) in [5.74, 6) is 0.777. The Bertz CT molecular complexity index is 322. The number of anilines is 2. The summed E-state index contributed by atoms with van der Waals surface area (Å²) in [6.07, 6.45) is -0.895. The smallest absolute Gasteiger partial charge is 0.255 e. The Labute approximate surface area is 94.6 Å². The van der Waals surface area contributed by atoms with Gasteiger partial charge in [-0.15, -0.1) is 0 Å². The van der Waals surface area contributed by atoms with E-state index in [0.717, 1.165) is 0 Å². The van der Waals surface area contributed by atoms with E-state index in [4.69, 9.17) is 0 Å². The second-order valence-corrected chi connectivity index (χ2v) is 3.55. The highest BCUT2D eigenvalue weighted by molar-refractivity contribution is 9.10. The molecule has 84 valence electrons. The zero-order valence-electron chi connectivity index (χ0n) is 8.10. The highest BCUT2D eigenvalue weighted by atomic mass is 79.9. The van der Waals surface area contributed by atoms with Gasteiger partial charge in [-0.3, -0.25) is 0 Å². The van der Waals surface area contributed by atoms with Crippen molar-refractivity contribution in [3.8, 4) is 0 Å². The molecule has 4 nitrogen and oxygen atoms in total. The van der Waals surface area contributed by atoms with Crippen molar-refractivity contribution in [2.45, 2.75) is 13.3 Å². The first-order valence-electron chi connectivity index (χ1n) is 4.42. The van der Waals surface area contributed by atoms with Crippen LogP contribution in [0.25, 0.3) is 0 Å². The molecule has 1 aromatic rings. The van der Waals surface area contributed by atoms with Crippen LogP contribution >= 0.6 is 15.9 Å². The third kappa shape index (κ3) is 3.94. The Morgan fingerprint density at radius 3 is 2.80 bits per heavy atom. The standard InChI is InChI=1S/C8H11BrF2N4/c1-2-12-8-14-3-5(9)7(15-8)13-4-6(10)11/h3,6H,2,4H2,1H3,(H2,12,13,14,15). The van der Waals surface area contributed by atoms with Crippen molar-refractivity contribution in [3.63, 3.8) is 0 Å². The molecule has 0 aromatic carbocycles. The number of hydrogen-bond donors (Lipinski definition) is 2. The van der Waals surface area contributed by atoms with Crippen LogP contribution in [0.2, 0.25) is 0 Å². The topological polar surface area (TPSA) is 49.8 Å². The van der Waals surface area contributed by atoms with Crippen molar-refractivity contribution in [3.05, 3.63) is 10.7 Å². The average molecular weight is 281 g/mol. The van der Waals surface area contributed by atoms with E-state index in [2.05, 4.69) is 36.5 Å². The zero-order chi connectivity index (χ0) is 11.3. The molecule has 2 N–H and O–H groups in total. The van der Waals surface area contributed by atoms with E-state index in [9.17, 15) is 8.78 Å². The molecule has 0 bridgehead atoms. The van der Waals surface area contributed by atoms with Crippen LogP contribution in [-0.2, 0) is 0 Å². The molecule has 0 fully saturated rings. The lowest BCUT2D eigenvalue weighted by Gasteiger charge is -2.08. The minimum Gasteiger partial charge on any atom is -0.363 e. The first-order chi connectivity index (χ1) is 7.13. The molecular formula is C8H11BrF2N4. The predicted molar refractivity (Wildman–Crippen MR) is 58.4 cm³/mol. The number of hydrogen-bond acceptors (Lipinski definition) is 4. The fourth-order valence-corrected chi connectivity index (χ4v) is 1.24. The molecule has 15 heavy (non-hydrogen) atoms. The van der Waals surface area contributed by atoms with Crippen LogP contribution in [0.1, 0.15) is 6.92 Å². The SMILES string of the molecule is CCNc1ncc(Br)c(NCC(F)F)n1. The zero-order valence-corrected chi connectivity index (χ0v) is 9.68.